The molecule has 0 saturated carbocycles. The van der Waals surface area contributed by atoms with Crippen molar-refractivity contribution in [2.75, 3.05) is 13.1 Å². The fourth-order valence-corrected chi connectivity index (χ4v) is 2.70. The largest absolute Gasteiger partial charge is 0.419 e. The van der Waals surface area contributed by atoms with Gasteiger partial charge < -0.3 is 4.90 Å². The third kappa shape index (κ3) is 3.19. The van der Waals surface area contributed by atoms with Crippen LogP contribution in [0.2, 0.25) is 0 Å². The molecule has 1 aromatic rings. The third-order valence-corrected chi connectivity index (χ3v) is 3.79. The summed E-state index contributed by atoms with van der Waals surface area (Å²) >= 11 is 0. The van der Waals surface area contributed by atoms with Crippen molar-refractivity contribution in [1.29, 1.82) is 0 Å². The van der Waals surface area contributed by atoms with Crippen LogP contribution >= 0.6 is 0 Å². The van der Waals surface area contributed by atoms with Crippen molar-refractivity contribution in [3.05, 3.63) is 34.9 Å². The molecule has 0 bridgehead atoms. The second kappa shape index (κ2) is 5.65. The van der Waals surface area contributed by atoms with Crippen LogP contribution in [-0.2, 0) is 6.18 Å². The van der Waals surface area contributed by atoms with Crippen LogP contribution in [0.15, 0.2) is 12.1 Å². The second-order valence-corrected chi connectivity index (χ2v) is 5.10. The number of amides is 1. The summed E-state index contributed by atoms with van der Waals surface area (Å²) < 4.78 is 65.6. The summed E-state index contributed by atoms with van der Waals surface area (Å²) in [6, 6.07) is 1.71. The maximum Gasteiger partial charge on any atom is 0.419 e. The van der Waals surface area contributed by atoms with E-state index >= 15 is 0 Å². The molecule has 0 radical (unpaired) electrons. The van der Waals surface area contributed by atoms with Crippen molar-refractivity contribution in [3.63, 3.8) is 0 Å². The molecule has 1 saturated heterocycles. The van der Waals surface area contributed by atoms with E-state index in [1.807, 2.05) is 0 Å². The van der Waals surface area contributed by atoms with Crippen molar-refractivity contribution in [2.45, 2.75) is 24.9 Å². The zero-order chi connectivity index (χ0) is 15.8. The lowest BCUT2D eigenvalue weighted by atomic mass is 9.85. The molecule has 0 unspecified atom stereocenters. The number of carbonyl (C=O) groups is 1. The van der Waals surface area contributed by atoms with Crippen LogP contribution < -0.4 is 0 Å². The van der Waals surface area contributed by atoms with Crippen LogP contribution in [-0.4, -0.2) is 31.6 Å². The standard InChI is InChI=1S/C13H13BF5NO/c14-12(21)20-5-3-7(4-6-20)8-1-2-9(15)11(16)10(8)13(17,18)19/h1-2,7H,3-6,14H2. The van der Waals surface area contributed by atoms with E-state index in [1.165, 1.54) is 12.7 Å². The number of carbonyl (C=O) groups excluding carboxylic acids is 1. The number of benzene rings is 1. The molecule has 1 amide bonds. The summed E-state index contributed by atoms with van der Waals surface area (Å²) in [5.41, 5.74) is -1.76. The molecular weight excluding hydrogens is 292 g/mol. The van der Waals surface area contributed by atoms with Crippen LogP contribution in [0.1, 0.15) is 29.9 Å². The quantitative estimate of drug-likeness (QED) is 0.577. The average Bonchev–Trinajstić information content (AvgIpc) is 2.40. The van der Waals surface area contributed by atoms with E-state index in [1.54, 1.807) is 0 Å². The highest BCUT2D eigenvalue weighted by Crippen LogP contribution is 2.40. The number of nitrogens with zero attached hydrogens (tertiary/aromatic N) is 1. The highest BCUT2D eigenvalue weighted by atomic mass is 19.4. The van der Waals surface area contributed by atoms with Crippen LogP contribution in [0.4, 0.5) is 26.7 Å². The van der Waals surface area contributed by atoms with Gasteiger partial charge >= 0.3 is 6.18 Å². The zero-order valence-electron chi connectivity index (χ0n) is 11.3. The van der Waals surface area contributed by atoms with Crippen LogP contribution in [0.5, 0.6) is 0 Å². The lowest BCUT2D eigenvalue weighted by Crippen LogP contribution is -2.37. The Bertz CT molecular complexity index is 552. The Kier molecular flexibility index (Phi) is 4.25. The van der Waals surface area contributed by atoms with Gasteiger partial charge in [0.05, 0.1) is 5.56 Å². The number of piperidine rings is 1. The zero-order valence-corrected chi connectivity index (χ0v) is 11.3. The Morgan fingerprint density at radius 3 is 2.24 bits per heavy atom. The summed E-state index contributed by atoms with van der Waals surface area (Å²) in [5, 5.41) is 0. The molecule has 0 N–H and O–H groups in total. The Labute approximate surface area is 119 Å². The summed E-state index contributed by atoms with van der Waals surface area (Å²) in [7, 11) is 1.39. The van der Waals surface area contributed by atoms with E-state index in [0.29, 0.717) is 25.9 Å². The lowest BCUT2D eigenvalue weighted by Gasteiger charge is -2.33. The first kappa shape index (κ1) is 15.8. The van der Waals surface area contributed by atoms with Crippen LogP contribution in [0.25, 0.3) is 0 Å². The number of hydrogen-bond acceptors (Lipinski definition) is 1. The van der Waals surface area contributed by atoms with Crippen molar-refractivity contribution in [3.8, 4) is 0 Å². The summed E-state index contributed by atoms with van der Waals surface area (Å²) in [5.74, 6) is -4.04. The van der Waals surface area contributed by atoms with Crippen molar-refractivity contribution >= 4 is 13.7 Å². The van der Waals surface area contributed by atoms with Gasteiger partial charge in [0.2, 0.25) is 7.85 Å². The van der Waals surface area contributed by atoms with E-state index in [-0.39, 0.29) is 11.4 Å². The smallest absolute Gasteiger partial charge is 0.352 e. The predicted molar refractivity (Wildman–Crippen MR) is 68.8 cm³/mol. The van der Waals surface area contributed by atoms with Gasteiger partial charge in [-0.3, -0.25) is 4.79 Å². The SMILES string of the molecule is BC(=O)N1CCC(c2ccc(F)c(F)c2C(F)(F)F)CC1. The van der Waals surface area contributed by atoms with E-state index in [0.717, 1.165) is 12.1 Å². The van der Waals surface area contributed by atoms with Crippen molar-refractivity contribution in [1.82, 2.24) is 4.90 Å². The summed E-state index contributed by atoms with van der Waals surface area (Å²) in [6.45, 7) is 0.632. The van der Waals surface area contributed by atoms with E-state index in [9.17, 15) is 26.7 Å². The van der Waals surface area contributed by atoms with Crippen molar-refractivity contribution in [2.24, 2.45) is 0 Å². The van der Waals surface area contributed by atoms with Gasteiger partial charge in [-0.25, -0.2) is 8.78 Å². The van der Waals surface area contributed by atoms with Gasteiger partial charge in [0.25, 0.3) is 0 Å². The molecule has 0 aromatic heterocycles. The lowest BCUT2D eigenvalue weighted by molar-refractivity contribution is -0.141. The number of rotatable bonds is 1. The maximum absolute atomic E-state index is 13.6. The number of hydrogen-bond donors (Lipinski definition) is 0. The predicted octanol–water partition coefficient (Wildman–Crippen LogP) is 2.92. The molecule has 8 heteroatoms. The van der Waals surface area contributed by atoms with Gasteiger partial charge in [-0.05, 0) is 30.4 Å². The monoisotopic (exact) mass is 305 g/mol. The molecule has 0 atom stereocenters. The van der Waals surface area contributed by atoms with Gasteiger partial charge in [0.15, 0.2) is 17.4 Å². The minimum Gasteiger partial charge on any atom is -0.352 e. The highest BCUT2D eigenvalue weighted by molar-refractivity contribution is 6.56. The molecule has 1 fully saturated rings. The molecule has 1 aliphatic rings. The fourth-order valence-electron chi connectivity index (χ4n) is 2.70. The average molecular weight is 305 g/mol. The van der Waals surface area contributed by atoms with Gasteiger partial charge in [-0.1, -0.05) is 6.07 Å². The van der Waals surface area contributed by atoms with Gasteiger partial charge in [0.1, 0.15) is 0 Å². The highest BCUT2D eigenvalue weighted by Gasteiger charge is 2.40. The first-order valence-corrected chi connectivity index (χ1v) is 6.52. The molecule has 1 aliphatic heterocycles. The second-order valence-electron chi connectivity index (χ2n) is 5.10. The fraction of sp³-hybridized carbons (Fsp3) is 0.462. The Morgan fingerprint density at radius 1 is 1.19 bits per heavy atom. The summed E-state index contributed by atoms with van der Waals surface area (Å²) in [6.07, 6.45) is -4.35. The number of alkyl halides is 3. The van der Waals surface area contributed by atoms with Gasteiger partial charge in [-0.15, -0.1) is 0 Å². The molecule has 1 heterocycles. The first-order valence-electron chi connectivity index (χ1n) is 6.52. The topological polar surface area (TPSA) is 20.3 Å². The molecule has 114 valence electrons. The minimum atomic E-state index is -4.95. The van der Waals surface area contributed by atoms with Crippen LogP contribution in [0, 0.1) is 11.6 Å². The Hall–Kier alpha value is -1.60. The molecule has 21 heavy (non-hydrogen) atoms. The molecule has 2 nitrogen and oxygen atoms in total. The van der Waals surface area contributed by atoms with Crippen LogP contribution in [0.3, 0.4) is 0 Å². The van der Waals surface area contributed by atoms with Crippen molar-refractivity contribution < 1.29 is 26.7 Å². The maximum atomic E-state index is 13.6. The summed E-state index contributed by atoms with van der Waals surface area (Å²) in [4.78, 5) is 12.7. The molecule has 0 spiro atoms. The molecule has 1 aromatic carbocycles. The van der Waals surface area contributed by atoms with Gasteiger partial charge in [0, 0.05) is 13.1 Å². The Balaban J connectivity index is 2.33. The van der Waals surface area contributed by atoms with E-state index in [4.69, 9.17) is 0 Å². The van der Waals surface area contributed by atoms with E-state index in [2.05, 4.69) is 0 Å². The first-order chi connectivity index (χ1) is 9.71. The molecule has 2 rings (SSSR count). The molecule has 0 aliphatic carbocycles. The number of likely N-dealkylation sites (tertiary alicyclic amines) is 1. The normalized spacial score (nSPS) is 17.1. The third-order valence-electron chi connectivity index (χ3n) is 3.79. The van der Waals surface area contributed by atoms with Gasteiger partial charge in [-0.2, -0.15) is 13.2 Å². The minimum absolute atomic E-state index is 0.144. The Morgan fingerprint density at radius 2 is 1.76 bits per heavy atom. The number of halogens is 5. The molecular formula is C13H13BF5NO. The van der Waals surface area contributed by atoms with E-state index < -0.39 is 29.3 Å².